The van der Waals surface area contributed by atoms with Crippen LogP contribution in [0.25, 0.3) is 0 Å². The van der Waals surface area contributed by atoms with Crippen LogP contribution in [-0.4, -0.2) is 40.1 Å². The molecule has 3 rings (SSSR count). The SMILES string of the molecule is COc1cc(NC(=O)C(C)Sc2nncn2Cc2ccco2)cc(OC)c1. The highest BCUT2D eigenvalue weighted by Gasteiger charge is 2.19. The molecule has 0 aliphatic heterocycles. The molecule has 0 fully saturated rings. The van der Waals surface area contributed by atoms with Crippen LogP contribution in [-0.2, 0) is 11.3 Å². The number of ether oxygens (including phenoxy) is 2. The van der Waals surface area contributed by atoms with Crippen molar-refractivity contribution in [1.82, 2.24) is 14.8 Å². The average molecular weight is 388 g/mol. The molecule has 142 valence electrons. The molecule has 2 aromatic heterocycles. The van der Waals surface area contributed by atoms with E-state index in [9.17, 15) is 4.79 Å². The maximum atomic E-state index is 12.6. The lowest BCUT2D eigenvalue weighted by Crippen LogP contribution is -2.23. The summed E-state index contributed by atoms with van der Waals surface area (Å²) in [7, 11) is 3.12. The number of amides is 1. The van der Waals surface area contributed by atoms with Crippen molar-refractivity contribution < 1.29 is 18.7 Å². The van der Waals surface area contributed by atoms with Gasteiger partial charge in [0.05, 0.1) is 32.3 Å². The first-order valence-corrected chi connectivity index (χ1v) is 9.07. The monoisotopic (exact) mass is 388 g/mol. The van der Waals surface area contributed by atoms with Crippen LogP contribution in [0.3, 0.4) is 0 Å². The standard InChI is InChI=1S/C18H20N4O4S/c1-12(17(23)20-13-7-15(24-2)9-16(8-13)25-3)27-18-21-19-11-22(18)10-14-5-4-6-26-14/h4-9,11-12H,10H2,1-3H3,(H,20,23). The Kier molecular flexibility index (Phi) is 6.02. The predicted molar refractivity (Wildman–Crippen MR) is 101 cm³/mol. The maximum Gasteiger partial charge on any atom is 0.237 e. The van der Waals surface area contributed by atoms with E-state index in [1.165, 1.54) is 11.8 Å². The fraction of sp³-hybridized carbons (Fsp3) is 0.278. The normalized spacial score (nSPS) is 11.8. The summed E-state index contributed by atoms with van der Waals surface area (Å²) in [5.41, 5.74) is 0.598. The summed E-state index contributed by atoms with van der Waals surface area (Å²) in [6.45, 7) is 2.31. The summed E-state index contributed by atoms with van der Waals surface area (Å²) >= 11 is 1.32. The number of methoxy groups -OCH3 is 2. The summed E-state index contributed by atoms with van der Waals surface area (Å²) < 4.78 is 17.6. The zero-order chi connectivity index (χ0) is 19.2. The summed E-state index contributed by atoms with van der Waals surface area (Å²) in [5, 5.41) is 11.1. The molecule has 1 atom stereocenters. The van der Waals surface area contributed by atoms with Crippen LogP contribution < -0.4 is 14.8 Å². The quantitative estimate of drug-likeness (QED) is 0.593. The van der Waals surface area contributed by atoms with E-state index in [1.807, 2.05) is 23.6 Å². The number of benzene rings is 1. The van der Waals surface area contributed by atoms with Gasteiger partial charge in [0.15, 0.2) is 5.16 Å². The second-order valence-corrected chi connectivity index (χ2v) is 6.98. The minimum atomic E-state index is -0.387. The largest absolute Gasteiger partial charge is 0.497 e. The van der Waals surface area contributed by atoms with Gasteiger partial charge in [-0.15, -0.1) is 10.2 Å². The lowest BCUT2D eigenvalue weighted by atomic mass is 10.2. The van der Waals surface area contributed by atoms with Crippen molar-refractivity contribution in [3.8, 4) is 11.5 Å². The number of thioether (sulfide) groups is 1. The molecule has 8 nitrogen and oxygen atoms in total. The van der Waals surface area contributed by atoms with E-state index in [2.05, 4.69) is 15.5 Å². The van der Waals surface area contributed by atoms with E-state index in [-0.39, 0.29) is 11.2 Å². The van der Waals surface area contributed by atoms with E-state index in [0.717, 1.165) is 5.76 Å². The minimum Gasteiger partial charge on any atom is -0.497 e. The number of hydrogen-bond acceptors (Lipinski definition) is 7. The Morgan fingerprint density at radius 3 is 2.67 bits per heavy atom. The second kappa shape index (κ2) is 8.63. The van der Waals surface area contributed by atoms with Gasteiger partial charge < -0.3 is 23.8 Å². The van der Waals surface area contributed by atoms with Crippen LogP contribution in [0, 0.1) is 0 Å². The molecular weight excluding hydrogens is 368 g/mol. The molecule has 0 saturated carbocycles. The fourth-order valence-corrected chi connectivity index (χ4v) is 3.17. The van der Waals surface area contributed by atoms with Gasteiger partial charge in [-0.1, -0.05) is 11.8 Å². The number of aromatic nitrogens is 3. The number of carbonyl (C=O) groups excluding carboxylic acids is 1. The Morgan fingerprint density at radius 1 is 1.30 bits per heavy atom. The molecule has 2 heterocycles. The highest BCUT2D eigenvalue weighted by atomic mass is 32.2. The molecule has 1 unspecified atom stereocenters. The zero-order valence-corrected chi connectivity index (χ0v) is 16.0. The predicted octanol–water partition coefficient (Wildman–Crippen LogP) is 3.06. The van der Waals surface area contributed by atoms with Crippen LogP contribution in [0.2, 0.25) is 0 Å². The third kappa shape index (κ3) is 4.82. The molecule has 3 aromatic rings. The van der Waals surface area contributed by atoms with Gasteiger partial charge in [0.2, 0.25) is 5.91 Å². The van der Waals surface area contributed by atoms with Gasteiger partial charge in [0, 0.05) is 23.9 Å². The zero-order valence-electron chi connectivity index (χ0n) is 15.2. The van der Waals surface area contributed by atoms with Crippen molar-refractivity contribution in [1.29, 1.82) is 0 Å². The highest BCUT2D eigenvalue weighted by molar-refractivity contribution is 8.00. The molecule has 0 saturated heterocycles. The summed E-state index contributed by atoms with van der Waals surface area (Å²) in [4.78, 5) is 12.6. The molecule has 1 aromatic carbocycles. The number of hydrogen-bond donors (Lipinski definition) is 1. The van der Waals surface area contributed by atoms with Crippen LogP contribution in [0.4, 0.5) is 5.69 Å². The van der Waals surface area contributed by atoms with Gasteiger partial charge in [0.25, 0.3) is 0 Å². The van der Waals surface area contributed by atoms with Crippen molar-refractivity contribution in [3.63, 3.8) is 0 Å². The molecule has 0 radical (unpaired) electrons. The summed E-state index contributed by atoms with van der Waals surface area (Å²) in [6.07, 6.45) is 3.23. The Morgan fingerprint density at radius 2 is 2.04 bits per heavy atom. The van der Waals surface area contributed by atoms with Crippen molar-refractivity contribution in [2.45, 2.75) is 23.9 Å². The number of furan rings is 1. The Bertz CT molecular complexity index is 872. The van der Waals surface area contributed by atoms with Crippen LogP contribution in [0.15, 0.2) is 52.5 Å². The van der Waals surface area contributed by atoms with E-state index in [1.54, 1.807) is 45.0 Å². The Hall–Kier alpha value is -2.94. The lowest BCUT2D eigenvalue weighted by Gasteiger charge is -2.13. The Labute approximate surface area is 160 Å². The number of nitrogens with one attached hydrogen (secondary N) is 1. The first-order valence-electron chi connectivity index (χ1n) is 8.20. The van der Waals surface area contributed by atoms with Gasteiger partial charge >= 0.3 is 0 Å². The number of nitrogens with zero attached hydrogens (tertiary/aromatic N) is 3. The lowest BCUT2D eigenvalue weighted by molar-refractivity contribution is -0.115. The topological polar surface area (TPSA) is 91.4 Å². The third-order valence-corrected chi connectivity index (χ3v) is 4.85. The van der Waals surface area contributed by atoms with E-state index in [4.69, 9.17) is 13.9 Å². The van der Waals surface area contributed by atoms with Crippen molar-refractivity contribution in [2.24, 2.45) is 0 Å². The van der Waals surface area contributed by atoms with Gasteiger partial charge in [0.1, 0.15) is 23.6 Å². The number of rotatable bonds is 8. The van der Waals surface area contributed by atoms with Crippen LogP contribution in [0.5, 0.6) is 11.5 Å². The van der Waals surface area contributed by atoms with Crippen LogP contribution in [0.1, 0.15) is 12.7 Å². The molecular formula is C18H20N4O4S. The average Bonchev–Trinajstić information content (AvgIpc) is 3.34. The molecule has 0 aliphatic carbocycles. The van der Waals surface area contributed by atoms with Gasteiger partial charge in [-0.25, -0.2) is 0 Å². The van der Waals surface area contributed by atoms with Gasteiger partial charge in [-0.2, -0.15) is 0 Å². The first kappa shape index (κ1) is 18.8. The minimum absolute atomic E-state index is 0.164. The highest BCUT2D eigenvalue weighted by Crippen LogP contribution is 2.27. The van der Waals surface area contributed by atoms with E-state index >= 15 is 0 Å². The maximum absolute atomic E-state index is 12.6. The molecule has 0 spiro atoms. The molecule has 1 amide bonds. The summed E-state index contributed by atoms with van der Waals surface area (Å²) in [6, 6.07) is 8.91. The second-order valence-electron chi connectivity index (χ2n) is 5.67. The summed E-state index contributed by atoms with van der Waals surface area (Å²) in [5.74, 6) is 1.83. The van der Waals surface area contributed by atoms with Crippen molar-refractivity contribution >= 4 is 23.4 Å². The van der Waals surface area contributed by atoms with E-state index in [0.29, 0.717) is 28.9 Å². The molecule has 1 N–H and O–H groups in total. The first-order chi connectivity index (χ1) is 13.1. The van der Waals surface area contributed by atoms with E-state index < -0.39 is 0 Å². The number of anilines is 1. The molecule has 9 heteroatoms. The van der Waals surface area contributed by atoms with Crippen molar-refractivity contribution in [2.75, 3.05) is 19.5 Å². The third-order valence-electron chi connectivity index (χ3n) is 3.76. The fourth-order valence-electron chi connectivity index (χ4n) is 2.35. The Balaban J connectivity index is 1.66. The molecule has 27 heavy (non-hydrogen) atoms. The van der Waals surface area contributed by atoms with Gasteiger partial charge in [-0.05, 0) is 19.1 Å². The van der Waals surface area contributed by atoms with Gasteiger partial charge in [-0.3, -0.25) is 4.79 Å². The number of carbonyl (C=O) groups is 1. The smallest absolute Gasteiger partial charge is 0.237 e. The molecule has 0 bridgehead atoms. The van der Waals surface area contributed by atoms with Crippen LogP contribution >= 0.6 is 11.8 Å². The molecule has 0 aliphatic rings. The van der Waals surface area contributed by atoms with Crippen molar-refractivity contribution in [3.05, 3.63) is 48.7 Å².